The van der Waals surface area contributed by atoms with Crippen LogP contribution in [0.3, 0.4) is 0 Å². The van der Waals surface area contributed by atoms with Crippen molar-refractivity contribution in [3.05, 3.63) is 59.2 Å². The maximum Gasteiger partial charge on any atom is 0.339 e. The van der Waals surface area contributed by atoms with Crippen LogP contribution in [-0.2, 0) is 11.3 Å². The van der Waals surface area contributed by atoms with Gasteiger partial charge in [-0.05, 0) is 43.7 Å². The van der Waals surface area contributed by atoms with Crippen molar-refractivity contribution >= 4 is 11.9 Å². The Hall–Kier alpha value is -3.02. The fourth-order valence-electron chi connectivity index (χ4n) is 2.24. The molecule has 0 aliphatic rings. The van der Waals surface area contributed by atoms with E-state index in [4.69, 9.17) is 9.47 Å². The second-order valence-corrected chi connectivity index (χ2v) is 5.63. The number of rotatable bonds is 7. The molecule has 0 fully saturated rings. The summed E-state index contributed by atoms with van der Waals surface area (Å²) in [7, 11) is 1.41. The molecule has 1 amide bonds. The number of ether oxygens (including phenoxy) is 2. The summed E-state index contributed by atoms with van der Waals surface area (Å²) in [5.41, 5.74) is 1.82. The molecule has 2 rings (SSSR count). The van der Waals surface area contributed by atoms with Crippen molar-refractivity contribution in [1.29, 1.82) is 0 Å². The SMILES string of the molecule is COc1ccc(CNC(=O)C(C)Oc2ccc(C)cc2)cc1C(=O)O. The topological polar surface area (TPSA) is 84.9 Å². The monoisotopic (exact) mass is 343 g/mol. The fraction of sp³-hybridized carbons (Fsp3) is 0.263. The molecular formula is C19H21NO5. The Morgan fingerprint density at radius 3 is 2.44 bits per heavy atom. The highest BCUT2D eigenvalue weighted by molar-refractivity contribution is 5.91. The van der Waals surface area contributed by atoms with Crippen molar-refractivity contribution < 1.29 is 24.2 Å². The number of carbonyl (C=O) groups excluding carboxylic acids is 1. The zero-order chi connectivity index (χ0) is 18.4. The van der Waals surface area contributed by atoms with Gasteiger partial charge in [0, 0.05) is 6.54 Å². The normalized spacial score (nSPS) is 11.5. The van der Waals surface area contributed by atoms with Gasteiger partial charge in [-0.2, -0.15) is 0 Å². The first-order valence-corrected chi connectivity index (χ1v) is 7.82. The van der Waals surface area contributed by atoms with Gasteiger partial charge in [-0.25, -0.2) is 4.79 Å². The van der Waals surface area contributed by atoms with E-state index in [0.717, 1.165) is 5.56 Å². The largest absolute Gasteiger partial charge is 0.496 e. The molecule has 0 aliphatic heterocycles. The number of aryl methyl sites for hydroxylation is 1. The number of benzene rings is 2. The summed E-state index contributed by atoms with van der Waals surface area (Å²) >= 11 is 0. The first-order valence-electron chi connectivity index (χ1n) is 7.82. The Morgan fingerprint density at radius 1 is 1.16 bits per heavy atom. The highest BCUT2D eigenvalue weighted by Crippen LogP contribution is 2.20. The predicted molar refractivity (Wildman–Crippen MR) is 93.1 cm³/mol. The Balaban J connectivity index is 1.95. The van der Waals surface area contributed by atoms with E-state index >= 15 is 0 Å². The van der Waals surface area contributed by atoms with E-state index in [0.29, 0.717) is 11.3 Å². The summed E-state index contributed by atoms with van der Waals surface area (Å²) in [5, 5.41) is 11.9. The number of hydrogen-bond donors (Lipinski definition) is 2. The van der Waals surface area contributed by atoms with Crippen molar-refractivity contribution in [2.24, 2.45) is 0 Å². The van der Waals surface area contributed by atoms with Gasteiger partial charge in [0.15, 0.2) is 6.10 Å². The molecule has 0 aliphatic carbocycles. The number of aromatic carboxylic acids is 1. The molecule has 6 heteroatoms. The quantitative estimate of drug-likeness (QED) is 0.807. The Morgan fingerprint density at radius 2 is 1.84 bits per heavy atom. The number of carboxylic acid groups (broad SMARTS) is 1. The van der Waals surface area contributed by atoms with Crippen LogP contribution < -0.4 is 14.8 Å². The molecule has 0 bridgehead atoms. The van der Waals surface area contributed by atoms with Gasteiger partial charge in [0.2, 0.25) is 0 Å². The van der Waals surface area contributed by atoms with E-state index in [9.17, 15) is 14.7 Å². The second-order valence-electron chi connectivity index (χ2n) is 5.63. The van der Waals surface area contributed by atoms with Gasteiger partial charge in [0.25, 0.3) is 5.91 Å². The number of methoxy groups -OCH3 is 1. The van der Waals surface area contributed by atoms with Gasteiger partial charge >= 0.3 is 5.97 Å². The zero-order valence-electron chi connectivity index (χ0n) is 14.4. The minimum absolute atomic E-state index is 0.0539. The van der Waals surface area contributed by atoms with Crippen molar-refractivity contribution in [2.45, 2.75) is 26.5 Å². The molecule has 1 atom stereocenters. The lowest BCUT2D eigenvalue weighted by Crippen LogP contribution is -2.35. The molecule has 0 spiro atoms. The van der Waals surface area contributed by atoms with Gasteiger partial charge in [-0.3, -0.25) is 4.79 Å². The number of amides is 1. The molecule has 2 aromatic rings. The van der Waals surface area contributed by atoms with Gasteiger partial charge in [-0.15, -0.1) is 0 Å². The molecule has 2 aromatic carbocycles. The third kappa shape index (κ3) is 4.97. The van der Waals surface area contributed by atoms with Crippen LogP contribution >= 0.6 is 0 Å². The maximum atomic E-state index is 12.2. The number of nitrogens with one attached hydrogen (secondary N) is 1. The number of carbonyl (C=O) groups is 2. The van der Waals surface area contributed by atoms with E-state index in [2.05, 4.69) is 5.32 Å². The summed E-state index contributed by atoms with van der Waals surface area (Å²) in [5.74, 6) is -0.473. The smallest absolute Gasteiger partial charge is 0.339 e. The summed E-state index contributed by atoms with van der Waals surface area (Å²) in [4.78, 5) is 23.4. The molecule has 0 saturated carbocycles. The van der Waals surface area contributed by atoms with Crippen LogP contribution in [0.15, 0.2) is 42.5 Å². The Labute approximate surface area is 146 Å². The minimum atomic E-state index is -1.08. The molecular weight excluding hydrogens is 322 g/mol. The summed E-state index contributed by atoms with van der Waals surface area (Å²) in [6.45, 7) is 3.83. The van der Waals surface area contributed by atoms with Crippen LogP contribution in [0.5, 0.6) is 11.5 Å². The maximum absolute atomic E-state index is 12.2. The van der Waals surface area contributed by atoms with Crippen molar-refractivity contribution in [3.63, 3.8) is 0 Å². The fourth-order valence-corrected chi connectivity index (χ4v) is 2.24. The first kappa shape index (κ1) is 18.3. The molecule has 132 valence electrons. The average molecular weight is 343 g/mol. The molecule has 0 saturated heterocycles. The van der Waals surface area contributed by atoms with E-state index in [1.54, 1.807) is 19.1 Å². The average Bonchev–Trinajstić information content (AvgIpc) is 2.61. The summed E-state index contributed by atoms with van der Waals surface area (Å²) < 4.78 is 10.6. The van der Waals surface area contributed by atoms with Crippen LogP contribution in [-0.4, -0.2) is 30.2 Å². The zero-order valence-corrected chi connectivity index (χ0v) is 14.4. The van der Waals surface area contributed by atoms with Crippen LogP contribution in [0.4, 0.5) is 0 Å². The highest BCUT2D eigenvalue weighted by atomic mass is 16.5. The van der Waals surface area contributed by atoms with Crippen LogP contribution in [0.25, 0.3) is 0 Å². The number of hydrogen-bond acceptors (Lipinski definition) is 4. The lowest BCUT2D eigenvalue weighted by molar-refractivity contribution is -0.127. The van der Waals surface area contributed by atoms with E-state index in [1.807, 2.05) is 31.2 Å². The van der Waals surface area contributed by atoms with Gasteiger partial charge in [-0.1, -0.05) is 23.8 Å². The molecule has 1 unspecified atom stereocenters. The van der Waals surface area contributed by atoms with E-state index < -0.39 is 12.1 Å². The predicted octanol–water partition coefficient (Wildman–Crippen LogP) is 2.79. The van der Waals surface area contributed by atoms with Crippen LogP contribution in [0.1, 0.15) is 28.4 Å². The summed E-state index contributed by atoms with van der Waals surface area (Å²) in [6, 6.07) is 12.2. The lowest BCUT2D eigenvalue weighted by atomic mass is 10.1. The van der Waals surface area contributed by atoms with E-state index in [1.165, 1.54) is 13.2 Å². The Bertz CT molecular complexity index is 755. The van der Waals surface area contributed by atoms with Crippen molar-refractivity contribution in [2.75, 3.05) is 7.11 Å². The third-order valence-electron chi connectivity index (χ3n) is 3.66. The molecule has 0 radical (unpaired) electrons. The second kappa shape index (κ2) is 8.19. The van der Waals surface area contributed by atoms with Crippen LogP contribution in [0.2, 0.25) is 0 Å². The molecule has 0 aromatic heterocycles. The standard InChI is InChI=1S/C19H21NO5/c1-12-4-7-15(8-5-12)25-13(2)18(21)20-11-14-6-9-17(24-3)16(10-14)19(22)23/h4-10,13H,11H2,1-3H3,(H,20,21)(H,22,23). The van der Waals surface area contributed by atoms with Gasteiger partial charge in [0.1, 0.15) is 17.1 Å². The first-order chi connectivity index (χ1) is 11.9. The van der Waals surface area contributed by atoms with Gasteiger partial charge < -0.3 is 19.9 Å². The van der Waals surface area contributed by atoms with Crippen LogP contribution in [0, 0.1) is 6.92 Å². The number of carboxylic acids is 1. The lowest BCUT2D eigenvalue weighted by Gasteiger charge is -2.15. The molecule has 0 heterocycles. The minimum Gasteiger partial charge on any atom is -0.496 e. The molecule has 6 nitrogen and oxygen atoms in total. The summed E-state index contributed by atoms with van der Waals surface area (Å²) in [6.07, 6.45) is -0.667. The molecule has 2 N–H and O–H groups in total. The van der Waals surface area contributed by atoms with E-state index in [-0.39, 0.29) is 23.8 Å². The van der Waals surface area contributed by atoms with Gasteiger partial charge in [0.05, 0.1) is 7.11 Å². The van der Waals surface area contributed by atoms with Crippen molar-refractivity contribution in [1.82, 2.24) is 5.32 Å². The highest BCUT2D eigenvalue weighted by Gasteiger charge is 2.16. The third-order valence-corrected chi connectivity index (χ3v) is 3.66. The van der Waals surface area contributed by atoms with Crippen molar-refractivity contribution in [3.8, 4) is 11.5 Å². The molecule has 25 heavy (non-hydrogen) atoms. The Kier molecular flexibility index (Phi) is 6.00.